The molecule has 154 valence electrons. The summed E-state index contributed by atoms with van der Waals surface area (Å²) in [6, 6.07) is 9.76. The molecule has 0 aliphatic heterocycles. The Kier molecular flexibility index (Phi) is 7.83. The summed E-state index contributed by atoms with van der Waals surface area (Å²) in [5.74, 6) is -0.216. The number of ether oxygens (including phenoxy) is 1. The van der Waals surface area contributed by atoms with E-state index in [2.05, 4.69) is 25.5 Å². The molecule has 1 aromatic rings. The third-order valence-electron chi connectivity index (χ3n) is 4.28. The first-order valence-corrected chi connectivity index (χ1v) is 10.7. The van der Waals surface area contributed by atoms with Crippen molar-refractivity contribution >= 4 is 17.0 Å². The van der Waals surface area contributed by atoms with Crippen molar-refractivity contribution < 1.29 is 13.7 Å². The molecular formula is C22H37NO3S. The molecular weight excluding hydrogens is 358 g/mol. The number of esters is 1. The highest BCUT2D eigenvalue weighted by Gasteiger charge is 2.35. The van der Waals surface area contributed by atoms with Crippen molar-refractivity contribution in [3.05, 3.63) is 35.9 Å². The highest BCUT2D eigenvalue weighted by molar-refractivity contribution is 7.84. The van der Waals surface area contributed by atoms with Crippen molar-refractivity contribution in [1.29, 1.82) is 0 Å². The largest absolute Gasteiger partial charge is 0.461 e. The van der Waals surface area contributed by atoms with Gasteiger partial charge in [-0.3, -0.25) is 4.79 Å². The quantitative estimate of drug-likeness (QED) is 0.676. The van der Waals surface area contributed by atoms with Crippen LogP contribution in [-0.2, 0) is 20.5 Å². The highest BCUT2D eigenvalue weighted by atomic mass is 32.2. The van der Waals surface area contributed by atoms with E-state index in [1.54, 1.807) is 0 Å². The van der Waals surface area contributed by atoms with Crippen LogP contribution in [0, 0.1) is 10.8 Å². The van der Waals surface area contributed by atoms with Gasteiger partial charge in [-0.2, -0.15) is 0 Å². The number of hydrogen-bond acceptors (Lipinski definition) is 3. The molecule has 1 N–H and O–H groups in total. The van der Waals surface area contributed by atoms with Gasteiger partial charge in [0.25, 0.3) is 0 Å². The molecule has 4 nitrogen and oxygen atoms in total. The average Bonchev–Trinajstić information content (AvgIpc) is 2.51. The van der Waals surface area contributed by atoms with Crippen LogP contribution < -0.4 is 4.72 Å². The number of rotatable bonds is 6. The molecule has 0 aliphatic carbocycles. The molecule has 0 aliphatic rings. The Morgan fingerprint density at radius 3 is 1.93 bits per heavy atom. The normalized spacial score (nSPS) is 16.5. The second-order valence-corrected chi connectivity index (χ2v) is 12.2. The van der Waals surface area contributed by atoms with E-state index in [9.17, 15) is 9.00 Å². The van der Waals surface area contributed by atoms with Crippen molar-refractivity contribution in [3.8, 4) is 0 Å². The van der Waals surface area contributed by atoms with E-state index >= 15 is 0 Å². The zero-order chi connectivity index (χ0) is 21.0. The summed E-state index contributed by atoms with van der Waals surface area (Å²) in [6.07, 6.45) is 0.246. The lowest BCUT2D eigenvalue weighted by Crippen LogP contribution is -2.41. The fourth-order valence-corrected chi connectivity index (χ4v) is 3.19. The van der Waals surface area contributed by atoms with Gasteiger partial charge in [-0.15, -0.1) is 0 Å². The first-order valence-electron chi connectivity index (χ1n) is 9.56. The van der Waals surface area contributed by atoms with Gasteiger partial charge in [0.15, 0.2) is 0 Å². The van der Waals surface area contributed by atoms with Crippen molar-refractivity contribution in [2.24, 2.45) is 10.8 Å². The fraction of sp³-hybridized carbons (Fsp3) is 0.682. The molecule has 5 heteroatoms. The van der Waals surface area contributed by atoms with Crippen molar-refractivity contribution in [2.45, 2.75) is 85.6 Å². The molecule has 1 unspecified atom stereocenters. The Labute approximate surface area is 168 Å². The number of carbonyl (C=O) groups excluding carboxylic acids is 1. The van der Waals surface area contributed by atoms with Crippen LogP contribution in [-0.4, -0.2) is 21.0 Å². The topological polar surface area (TPSA) is 55.4 Å². The van der Waals surface area contributed by atoms with Crippen LogP contribution in [0.3, 0.4) is 0 Å². The maximum absolute atomic E-state index is 12.8. The molecule has 3 atom stereocenters. The van der Waals surface area contributed by atoms with Crippen LogP contribution in [0.15, 0.2) is 30.3 Å². The van der Waals surface area contributed by atoms with Gasteiger partial charge in [0.05, 0.1) is 21.1 Å². The minimum absolute atomic E-state index is 0.178. The molecule has 0 saturated carbocycles. The molecule has 0 radical (unpaired) electrons. The van der Waals surface area contributed by atoms with Crippen molar-refractivity contribution in [3.63, 3.8) is 0 Å². The minimum Gasteiger partial charge on any atom is -0.461 e. The van der Waals surface area contributed by atoms with Gasteiger partial charge in [0, 0.05) is 12.5 Å². The van der Waals surface area contributed by atoms with Gasteiger partial charge in [-0.05, 0) is 52.5 Å². The summed E-state index contributed by atoms with van der Waals surface area (Å²) in [6.45, 7) is 17.6. The zero-order valence-corrected chi connectivity index (χ0v) is 19.2. The SMILES string of the molecule is CC(C)(C)C(=O)O[C@@H](C[C@H](NS(=O)C(C)(C)C)c1ccccc1)C(C)(C)C. The van der Waals surface area contributed by atoms with Crippen LogP contribution >= 0.6 is 0 Å². The van der Waals surface area contributed by atoms with Gasteiger partial charge < -0.3 is 4.74 Å². The van der Waals surface area contributed by atoms with E-state index in [0.29, 0.717) is 6.42 Å². The van der Waals surface area contributed by atoms with E-state index in [-0.39, 0.29) is 28.3 Å². The van der Waals surface area contributed by atoms with Gasteiger partial charge in [0.1, 0.15) is 6.10 Å². The van der Waals surface area contributed by atoms with Crippen LogP contribution in [0.5, 0.6) is 0 Å². The lowest BCUT2D eigenvalue weighted by atomic mass is 9.83. The van der Waals surface area contributed by atoms with E-state index in [4.69, 9.17) is 4.74 Å². The number of benzene rings is 1. The van der Waals surface area contributed by atoms with Crippen molar-refractivity contribution in [1.82, 2.24) is 4.72 Å². The highest BCUT2D eigenvalue weighted by Crippen LogP contribution is 2.33. The number of carbonyl (C=O) groups is 1. The average molecular weight is 396 g/mol. The molecule has 0 aromatic heterocycles. The summed E-state index contributed by atoms with van der Waals surface area (Å²) >= 11 is 0. The molecule has 1 rings (SSSR count). The standard InChI is InChI=1S/C22H37NO3S/c1-20(2,3)18(26-19(24)21(4,5)6)15-17(16-13-11-10-12-14-16)23-27(25)22(7,8)9/h10-14,17-18,23H,15H2,1-9H3/t17-,18-,27?/m0/s1. The van der Waals surface area contributed by atoms with Crippen molar-refractivity contribution in [2.75, 3.05) is 0 Å². The van der Waals surface area contributed by atoms with Gasteiger partial charge >= 0.3 is 5.97 Å². The lowest BCUT2D eigenvalue weighted by molar-refractivity contribution is -0.165. The molecule has 0 bridgehead atoms. The smallest absolute Gasteiger partial charge is 0.311 e. The van der Waals surface area contributed by atoms with Crippen LogP contribution in [0.25, 0.3) is 0 Å². The molecule has 1 aromatic carbocycles. The Morgan fingerprint density at radius 2 is 1.52 bits per heavy atom. The zero-order valence-electron chi connectivity index (χ0n) is 18.4. The summed E-state index contributed by atoms with van der Waals surface area (Å²) in [7, 11) is -1.23. The fourth-order valence-electron chi connectivity index (χ4n) is 2.34. The molecule has 0 fully saturated rings. The first kappa shape index (κ1) is 23.8. The minimum atomic E-state index is -1.23. The Balaban J connectivity index is 3.15. The summed E-state index contributed by atoms with van der Waals surface area (Å²) < 4.78 is 21.6. The maximum atomic E-state index is 12.8. The second-order valence-electron chi connectivity index (χ2n) is 10.2. The van der Waals surface area contributed by atoms with Gasteiger partial charge in [-0.1, -0.05) is 51.1 Å². The Morgan fingerprint density at radius 1 is 1.00 bits per heavy atom. The molecule has 0 heterocycles. The molecule has 27 heavy (non-hydrogen) atoms. The molecule has 0 saturated heterocycles. The summed E-state index contributed by atoms with van der Waals surface area (Å²) in [5, 5.41) is 0. The number of hydrogen-bond donors (Lipinski definition) is 1. The van der Waals surface area contributed by atoms with Crippen LogP contribution in [0.1, 0.15) is 80.3 Å². The second kappa shape index (κ2) is 8.87. The third-order valence-corrected chi connectivity index (χ3v) is 5.90. The van der Waals surface area contributed by atoms with Gasteiger partial charge in [-0.25, -0.2) is 8.93 Å². The summed E-state index contributed by atoms with van der Waals surface area (Å²) in [5.41, 5.74) is 0.239. The monoisotopic (exact) mass is 395 g/mol. The van der Waals surface area contributed by atoms with Gasteiger partial charge in [0.2, 0.25) is 0 Å². The Bertz CT molecular complexity index is 636. The predicted molar refractivity (Wildman–Crippen MR) is 114 cm³/mol. The third kappa shape index (κ3) is 7.74. The van der Waals surface area contributed by atoms with Crippen LogP contribution in [0.2, 0.25) is 0 Å². The first-order chi connectivity index (χ1) is 12.1. The Hall–Kier alpha value is -1.20. The van der Waals surface area contributed by atoms with E-state index in [1.165, 1.54) is 0 Å². The van der Waals surface area contributed by atoms with E-state index in [0.717, 1.165) is 5.56 Å². The predicted octanol–water partition coefficient (Wildman–Crippen LogP) is 5.17. The molecule has 0 spiro atoms. The lowest BCUT2D eigenvalue weighted by Gasteiger charge is -2.35. The number of nitrogens with one attached hydrogen (secondary N) is 1. The van der Waals surface area contributed by atoms with E-state index in [1.807, 2.05) is 71.9 Å². The summed E-state index contributed by atoms with van der Waals surface area (Å²) in [4.78, 5) is 12.5. The van der Waals surface area contributed by atoms with Crippen LogP contribution in [0.4, 0.5) is 0 Å². The van der Waals surface area contributed by atoms with E-state index < -0.39 is 16.4 Å². The maximum Gasteiger partial charge on any atom is 0.311 e. The molecule has 0 amide bonds.